The van der Waals surface area contributed by atoms with Crippen LogP contribution in [0.5, 0.6) is 0 Å². The molecule has 2 aromatic carbocycles. The molecule has 174 valence electrons. The molecule has 0 spiro atoms. The molecule has 1 heterocycles. The molecule has 0 saturated heterocycles. The van der Waals surface area contributed by atoms with Gasteiger partial charge in [0, 0.05) is 17.1 Å². The van der Waals surface area contributed by atoms with E-state index >= 15 is 0 Å². The number of hydrogen-bond donors (Lipinski definition) is 2. The lowest BCUT2D eigenvalue weighted by atomic mass is 10.0. The van der Waals surface area contributed by atoms with Crippen molar-refractivity contribution in [3.05, 3.63) is 69.7 Å². The van der Waals surface area contributed by atoms with E-state index in [4.69, 9.17) is 0 Å². The fraction of sp³-hybridized carbons (Fsp3) is 0.304. The van der Waals surface area contributed by atoms with E-state index in [1.807, 2.05) is 32.9 Å². The van der Waals surface area contributed by atoms with E-state index in [0.29, 0.717) is 21.0 Å². The van der Waals surface area contributed by atoms with Crippen molar-refractivity contribution in [3.8, 4) is 0 Å². The van der Waals surface area contributed by atoms with Gasteiger partial charge < -0.3 is 15.2 Å². The maximum atomic E-state index is 13.9. The molecular formula is C23H25BrFN5O2S. The van der Waals surface area contributed by atoms with Crippen LogP contribution in [0.15, 0.2) is 52.1 Å². The molecule has 0 saturated carbocycles. The average molecular weight is 534 g/mol. The summed E-state index contributed by atoms with van der Waals surface area (Å²) in [4.78, 5) is 25.0. The molecule has 33 heavy (non-hydrogen) atoms. The fourth-order valence-electron chi connectivity index (χ4n) is 3.09. The van der Waals surface area contributed by atoms with Crippen molar-refractivity contribution >= 4 is 45.2 Å². The molecule has 1 atom stereocenters. The highest BCUT2D eigenvalue weighted by atomic mass is 79.9. The van der Waals surface area contributed by atoms with Gasteiger partial charge in [0.25, 0.3) is 5.91 Å². The summed E-state index contributed by atoms with van der Waals surface area (Å²) in [6, 6.07) is 11.4. The third kappa shape index (κ3) is 6.42. The van der Waals surface area contributed by atoms with Crippen molar-refractivity contribution in [1.82, 2.24) is 20.1 Å². The number of hydrogen-bond acceptors (Lipinski definition) is 5. The second-order valence-electron chi connectivity index (χ2n) is 7.92. The number of nitrogens with one attached hydrogen (secondary N) is 2. The summed E-state index contributed by atoms with van der Waals surface area (Å²) in [7, 11) is 1.79. The molecule has 0 aliphatic heterocycles. The third-order valence-corrected chi connectivity index (χ3v) is 6.46. The standard InChI is InChI=1S/C23H25BrFN5O2S/c1-13(2)20(27-22(32)15-7-5-14(3)6-8-15)21-28-29-23(30(21)4)33-12-19(31)26-18-10-9-16(24)11-17(18)25/h5-11,13,20H,12H2,1-4H3,(H,26,31)(H,27,32)/t20-/m1/s1. The van der Waals surface area contributed by atoms with E-state index in [9.17, 15) is 14.0 Å². The number of amides is 2. The van der Waals surface area contributed by atoms with E-state index in [0.717, 1.165) is 5.56 Å². The zero-order chi connectivity index (χ0) is 24.1. The maximum Gasteiger partial charge on any atom is 0.251 e. The minimum Gasteiger partial charge on any atom is -0.342 e. The van der Waals surface area contributed by atoms with Crippen LogP contribution >= 0.6 is 27.7 Å². The molecule has 3 aromatic rings. The molecule has 0 aliphatic carbocycles. The highest BCUT2D eigenvalue weighted by Gasteiger charge is 2.25. The van der Waals surface area contributed by atoms with Crippen LogP contribution in [0.25, 0.3) is 0 Å². The molecule has 0 bridgehead atoms. The van der Waals surface area contributed by atoms with Gasteiger partial charge in [0.1, 0.15) is 5.82 Å². The van der Waals surface area contributed by atoms with E-state index in [-0.39, 0.29) is 35.2 Å². The van der Waals surface area contributed by atoms with E-state index in [1.54, 1.807) is 29.8 Å². The van der Waals surface area contributed by atoms with Gasteiger partial charge in [-0.1, -0.05) is 59.2 Å². The topological polar surface area (TPSA) is 88.9 Å². The van der Waals surface area contributed by atoms with Gasteiger partial charge in [0.15, 0.2) is 11.0 Å². The van der Waals surface area contributed by atoms with Crippen molar-refractivity contribution in [2.24, 2.45) is 13.0 Å². The third-order valence-electron chi connectivity index (χ3n) is 4.95. The zero-order valence-corrected chi connectivity index (χ0v) is 21.1. The van der Waals surface area contributed by atoms with Crippen LogP contribution in [0, 0.1) is 18.7 Å². The van der Waals surface area contributed by atoms with Gasteiger partial charge in [0.05, 0.1) is 17.5 Å². The van der Waals surface area contributed by atoms with Gasteiger partial charge in [-0.15, -0.1) is 10.2 Å². The van der Waals surface area contributed by atoms with Crippen LogP contribution in [0.4, 0.5) is 10.1 Å². The van der Waals surface area contributed by atoms with Crippen molar-refractivity contribution in [3.63, 3.8) is 0 Å². The minimum atomic E-state index is -0.521. The number of aryl methyl sites for hydroxylation is 1. The van der Waals surface area contributed by atoms with Gasteiger partial charge in [-0.3, -0.25) is 9.59 Å². The highest BCUT2D eigenvalue weighted by molar-refractivity contribution is 9.10. The SMILES string of the molecule is Cc1ccc(C(=O)N[C@@H](c2nnc(SCC(=O)Nc3ccc(Br)cc3F)n2C)C(C)C)cc1. The number of halogens is 2. The van der Waals surface area contributed by atoms with Crippen molar-refractivity contribution < 1.29 is 14.0 Å². The van der Waals surface area contributed by atoms with Crippen LogP contribution in [0.3, 0.4) is 0 Å². The second-order valence-corrected chi connectivity index (χ2v) is 9.78. The Hall–Kier alpha value is -2.72. The van der Waals surface area contributed by atoms with Crippen LogP contribution in [-0.4, -0.2) is 32.3 Å². The monoisotopic (exact) mass is 533 g/mol. The zero-order valence-electron chi connectivity index (χ0n) is 18.7. The smallest absolute Gasteiger partial charge is 0.251 e. The summed E-state index contributed by atoms with van der Waals surface area (Å²) >= 11 is 4.37. The van der Waals surface area contributed by atoms with Crippen LogP contribution < -0.4 is 10.6 Å². The van der Waals surface area contributed by atoms with Crippen LogP contribution in [-0.2, 0) is 11.8 Å². The first-order valence-electron chi connectivity index (χ1n) is 10.3. The maximum absolute atomic E-state index is 13.9. The Kier molecular flexibility index (Phi) is 8.25. The van der Waals surface area contributed by atoms with Gasteiger partial charge >= 0.3 is 0 Å². The molecule has 0 radical (unpaired) electrons. The van der Waals surface area contributed by atoms with E-state index in [1.165, 1.54) is 23.9 Å². The average Bonchev–Trinajstić information content (AvgIpc) is 3.12. The molecular weight excluding hydrogens is 509 g/mol. The summed E-state index contributed by atoms with van der Waals surface area (Å²) < 4.78 is 16.3. The summed E-state index contributed by atoms with van der Waals surface area (Å²) in [5.41, 5.74) is 1.76. The molecule has 1 aromatic heterocycles. The van der Waals surface area contributed by atoms with E-state index in [2.05, 4.69) is 36.8 Å². The number of aromatic nitrogens is 3. The number of carbonyl (C=O) groups excluding carboxylic acids is 2. The summed E-state index contributed by atoms with van der Waals surface area (Å²) in [6.07, 6.45) is 0. The fourth-order valence-corrected chi connectivity index (χ4v) is 4.14. The Balaban J connectivity index is 1.66. The molecule has 2 amide bonds. The van der Waals surface area contributed by atoms with Gasteiger partial charge in [-0.2, -0.15) is 0 Å². The van der Waals surface area contributed by atoms with Crippen LogP contribution in [0.2, 0.25) is 0 Å². The van der Waals surface area contributed by atoms with Crippen molar-refractivity contribution in [2.75, 3.05) is 11.1 Å². The Labute approximate surface area is 204 Å². The Morgan fingerprint density at radius 1 is 1.15 bits per heavy atom. The van der Waals surface area contributed by atoms with Crippen LogP contribution in [0.1, 0.15) is 41.6 Å². The first-order chi connectivity index (χ1) is 15.7. The van der Waals surface area contributed by atoms with Gasteiger partial charge in [-0.05, 0) is 43.2 Å². The molecule has 7 nitrogen and oxygen atoms in total. The molecule has 0 aliphatic rings. The lowest BCUT2D eigenvalue weighted by molar-refractivity contribution is -0.113. The highest BCUT2D eigenvalue weighted by Crippen LogP contribution is 2.25. The van der Waals surface area contributed by atoms with Crippen molar-refractivity contribution in [1.29, 1.82) is 0 Å². The largest absolute Gasteiger partial charge is 0.342 e. The predicted molar refractivity (Wildman–Crippen MR) is 131 cm³/mol. The second kappa shape index (κ2) is 10.9. The lowest BCUT2D eigenvalue weighted by Crippen LogP contribution is -2.33. The number of thioether (sulfide) groups is 1. The predicted octanol–water partition coefficient (Wildman–Crippen LogP) is 4.88. The quantitative estimate of drug-likeness (QED) is 0.402. The Morgan fingerprint density at radius 2 is 1.85 bits per heavy atom. The number of anilines is 1. The van der Waals surface area contributed by atoms with Gasteiger partial charge in [0.2, 0.25) is 5.91 Å². The molecule has 2 N–H and O–H groups in total. The number of nitrogens with zero attached hydrogens (tertiary/aromatic N) is 3. The molecule has 3 rings (SSSR count). The molecule has 10 heteroatoms. The number of rotatable bonds is 8. The summed E-state index contributed by atoms with van der Waals surface area (Å²) in [5.74, 6) is -0.395. The number of carbonyl (C=O) groups is 2. The molecule has 0 unspecified atom stereocenters. The van der Waals surface area contributed by atoms with Crippen molar-refractivity contribution in [2.45, 2.75) is 32.0 Å². The molecule has 0 fully saturated rings. The van der Waals surface area contributed by atoms with Gasteiger partial charge in [-0.25, -0.2) is 4.39 Å². The summed E-state index contributed by atoms with van der Waals surface area (Å²) in [5, 5.41) is 14.6. The normalized spacial score (nSPS) is 12.0. The Morgan fingerprint density at radius 3 is 2.48 bits per heavy atom. The minimum absolute atomic E-state index is 0.0313. The van der Waals surface area contributed by atoms with E-state index < -0.39 is 5.82 Å². The lowest BCUT2D eigenvalue weighted by Gasteiger charge is -2.21. The number of benzene rings is 2. The first kappa shape index (κ1) is 24.9. The Bertz CT molecular complexity index is 1150. The summed E-state index contributed by atoms with van der Waals surface area (Å²) in [6.45, 7) is 5.94. The first-order valence-corrected chi connectivity index (χ1v) is 12.1.